The van der Waals surface area contributed by atoms with Crippen molar-refractivity contribution in [1.82, 2.24) is 5.32 Å². The third-order valence-electron chi connectivity index (χ3n) is 10.2. The Morgan fingerprint density at radius 2 is 0.898 bits per heavy atom. The van der Waals surface area contributed by atoms with Gasteiger partial charge in [-0.05, 0) is 38.5 Å². The highest BCUT2D eigenvalue weighted by Crippen LogP contribution is 2.16. The summed E-state index contributed by atoms with van der Waals surface area (Å²) in [7, 11) is 0. The van der Waals surface area contributed by atoms with E-state index in [4.69, 9.17) is 0 Å². The molecule has 0 aromatic carbocycles. The molecule has 2 atom stereocenters. The van der Waals surface area contributed by atoms with Gasteiger partial charge in [0.05, 0.1) is 18.8 Å². The van der Waals surface area contributed by atoms with Gasteiger partial charge in [-0.25, -0.2) is 0 Å². The van der Waals surface area contributed by atoms with Gasteiger partial charge in [0.15, 0.2) is 0 Å². The van der Waals surface area contributed by atoms with Crippen LogP contribution in [0.25, 0.3) is 0 Å². The predicted octanol–water partition coefficient (Wildman–Crippen LogP) is 13.6. The largest absolute Gasteiger partial charge is 0.394 e. The molecule has 0 aliphatic heterocycles. The van der Waals surface area contributed by atoms with Crippen LogP contribution < -0.4 is 5.32 Å². The van der Waals surface area contributed by atoms with Gasteiger partial charge in [0.1, 0.15) is 0 Å². The van der Waals surface area contributed by atoms with Gasteiger partial charge in [-0.3, -0.25) is 4.79 Å². The summed E-state index contributed by atoms with van der Waals surface area (Å²) in [4.78, 5) is 12.4. The molecular weight excluding hydrogens is 602 g/mol. The second kappa shape index (κ2) is 41.3. The van der Waals surface area contributed by atoms with Crippen molar-refractivity contribution in [2.75, 3.05) is 6.61 Å². The maximum absolute atomic E-state index is 12.4. The van der Waals surface area contributed by atoms with Crippen molar-refractivity contribution in [1.29, 1.82) is 0 Å². The number of aliphatic hydroxyl groups excluding tert-OH is 2. The summed E-state index contributed by atoms with van der Waals surface area (Å²) in [6, 6.07) is -0.533. The Labute approximate surface area is 307 Å². The van der Waals surface area contributed by atoms with Gasteiger partial charge >= 0.3 is 0 Å². The fourth-order valence-corrected chi connectivity index (χ4v) is 6.87. The number of carbonyl (C=O) groups is 1. The van der Waals surface area contributed by atoms with Gasteiger partial charge in [-0.15, -0.1) is 0 Å². The molecule has 290 valence electrons. The fourth-order valence-electron chi connectivity index (χ4n) is 6.87. The molecule has 0 heterocycles. The number of allylic oxidation sites excluding steroid dienone is 4. The molecule has 2 unspecified atom stereocenters. The summed E-state index contributed by atoms with van der Waals surface area (Å²) in [5.41, 5.74) is 0. The summed E-state index contributed by atoms with van der Waals surface area (Å²) in [6.45, 7) is 4.27. The molecule has 0 aliphatic carbocycles. The molecule has 0 saturated carbocycles. The lowest BCUT2D eigenvalue weighted by Gasteiger charge is -2.22. The lowest BCUT2D eigenvalue weighted by atomic mass is 10.0. The number of aliphatic hydroxyl groups is 2. The first kappa shape index (κ1) is 47.9. The number of carbonyl (C=O) groups excluding carboxylic acids is 1. The van der Waals surface area contributed by atoms with Gasteiger partial charge in [0.25, 0.3) is 0 Å². The molecule has 0 spiro atoms. The van der Waals surface area contributed by atoms with Crippen LogP contribution in [0.3, 0.4) is 0 Å². The molecule has 0 aromatic rings. The lowest BCUT2D eigenvalue weighted by molar-refractivity contribution is -0.123. The minimum absolute atomic E-state index is 0.0302. The van der Waals surface area contributed by atoms with Crippen molar-refractivity contribution in [3.05, 3.63) is 24.3 Å². The zero-order chi connectivity index (χ0) is 35.7. The average molecular weight is 690 g/mol. The zero-order valence-corrected chi connectivity index (χ0v) is 33.2. The molecule has 0 bridgehead atoms. The molecule has 0 radical (unpaired) electrons. The Morgan fingerprint density at radius 3 is 1.33 bits per heavy atom. The number of unbranched alkanes of at least 4 members (excludes halogenated alkanes) is 29. The molecule has 0 rings (SSSR count). The number of nitrogens with one attached hydrogen (secondary N) is 1. The number of hydrogen-bond donors (Lipinski definition) is 3. The Hall–Kier alpha value is -1.13. The van der Waals surface area contributed by atoms with Crippen molar-refractivity contribution in [3.8, 4) is 0 Å². The highest BCUT2D eigenvalue weighted by Gasteiger charge is 2.20. The van der Waals surface area contributed by atoms with Crippen LogP contribution in [0.5, 0.6) is 0 Å². The average Bonchev–Trinajstić information content (AvgIpc) is 3.10. The van der Waals surface area contributed by atoms with Crippen LogP contribution in [-0.4, -0.2) is 34.9 Å². The molecule has 4 nitrogen and oxygen atoms in total. The van der Waals surface area contributed by atoms with Crippen LogP contribution >= 0.6 is 0 Å². The second-order valence-corrected chi connectivity index (χ2v) is 15.1. The molecule has 0 saturated heterocycles. The van der Waals surface area contributed by atoms with Crippen LogP contribution in [0.1, 0.15) is 239 Å². The van der Waals surface area contributed by atoms with E-state index in [0.717, 1.165) is 38.5 Å². The van der Waals surface area contributed by atoms with E-state index < -0.39 is 12.1 Å². The van der Waals surface area contributed by atoms with E-state index in [-0.39, 0.29) is 12.5 Å². The molecule has 0 fully saturated rings. The monoisotopic (exact) mass is 690 g/mol. The summed E-state index contributed by atoms with van der Waals surface area (Å²) in [6.07, 6.45) is 52.5. The van der Waals surface area contributed by atoms with Gasteiger partial charge in [0.2, 0.25) is 5.91 Å². The molecular formula is C45H87NO3. The minimum Gasteiger partial charge on any atom is -0.394 e. The fraction of sp³-hybridized carbons (Fsp3) is 0.889. The third-order valence-corrected chi connectivity index (χ3v) is 10.2. The first-order valence-corrected chi connectivity index (χ1v) is 22.0. The van der Waals surface area contributed by atoms with E-state index >= 15 is 0 Å². The van der Waals surface area contributed by atoms with Crippen molar-refractivity contribution in [3.63, 3.8) is 0 Å². The van der Waals surface area contributed by atoms with Crippen LogP contribution in [0.2, 0.25) is 0 Å². The topological polar surface area (TPSA) is 69.6 Å². The number of hydrogen-bond acceptors (Lipinski definition) is 3. The molecule has 3 N–H and O–H groups in total. The maximum Gasteiger partial charge on any atom is 0.220 e. The standard InChI is InChI=1S/C45H87NO3/c1-3-5-7-9-11-13-15-17-19-21-22-23-24-25-27-29-31-33-35-37-39-41-45(49)46-43(42-47)44(48)40-38-36-34-32-30-28-26-20-18-16-14-12-10-8-6-4-2/h5,7,11,13,43-44,47-48H,3-4,6,8-10,12,14-42H2,1-2H3,(H,46,49)/b7-5-,13-11-. The van der Waals surface area contributed by atoms with E-state index in [1.807, 2.05) is 0 Å². The lowest BCUT2D eigenvalue weighted by Crippen LogP contribution is -2.45. The Kier molecular flexibility index (Phi) is 40.3. The molecule has 4 heteroatoms. The SMILES string of the molecule is CC/C=C\C/C=C\CCCCCCCCCCCCCCCCC(=O)NC(CO)C(O)CCCCCCCCCCCCCCCCCC. The summed E-state index contributed by atoms with van der Waals surface area (Å²) >= 11 is 0. The normalized spacial score (nSPS) is 13.1. The quantitative estimate of drug-likeness (QED) is 0.0443. The molecule has 49 heavy (non-hydrogen) atoms. The molecule has 1 amide bonds. The van der Waals surface area contributed by atoms with Crippen molar-refractivity contribution in [2.45, 2.75) is 251 Å². The Bertz CT molecular complexity index is 705. The zero-order valence-electron chi connectivity index (χ0n) is 33.2. The van der Waals surface area contributed by atoms with E-state index in [2.05, 4.69) is 43.5 Å². The maximum atomic E-state index is 12.4. The Morgan fingerprint density at radius 1 is 0.510 bits per heavy atom. The Balaban J connectivity index is 3.48. The van der Waals surface area contributed by atoms with E-state index in [1.54, 1.807) is 0 Å². The van der Waals surface area contributed by atoms with E-state index in [0.29, 0.717) is 12.8 Å². The second-order valence-electron chi connectivity index (χ2n) is 15.1. The molecule has 0 aromatic heterocycles. The van der Waals surface area contributed by atoms with Crippen molar-refractivity contribution >= 4 is 5.91 Å². The smallest absolute Gasteiger partial charge is 0.220 e. The van der Waals surface area contributed by atoms with Crippen LogP contribution in [0.4, 0.5) is 0 Å². The van der Waals surface area contributed by atoms with Gasteiger partial charge in [-0.1, -0.05) is 218 Å². The third kappa shape index (κ3) is 37.9. The van der Waals surface area contributed by atoms with Crippen molar-refractivity contribution < 1.29 is 15.0 Å². The van der Waals surface area contributed by atoms with Crippen LogP contribution in [0, 0.1) is 0 Å². The van der Waals surface area contributed by atoms with Crippen LogP contribution in [-0.2, 0) is 4.79 Å². The van der Waals surface area contributed by atoms with Crippen LogP contribution in [0.15, 0.2) is 24.3 Å². The van der Waals surface area contributed by atoms with Gasteiger partial charge in [-0.2, -0.15) is 0 Å². The van der Waals surface area contributed by atoms with E-state index in [1.165, 1.54) is 173 Å². The van der Waals surface area contributed by atoms with Crippen molar-refractivity contribution in [2.24, 2.45) is 0 Å². The van der Waals surface area contributed by atoms with Gasteiger partial charge < -0.3 is 15.5 Å². The molecule has 0 aliphatic rings. The first-order chi connectivity index (χ1) is 24.2. The number of rotatable bonds is 40. The summed E-state index contributed by atoms with van der Waals surface area (Å²) < 4.78 is 0. The van der Waals surface area contributed by atoms with Gasteiger partial charge in [0, 0.05) is 6.42 Å². The minimum atomic E-state index is -0.656. The van der Waals surface area contributed by atoms with E-state index in [9.17, 15) is 15.0 Å². The first-order valence-electron chi connectivity index (χ1n) is 22.0. The highest BCUT2D eigenvalue weighted by molar-refractivity contribution is 5.76. The summed E-state index contributed by atoms with van der Waals surface area (Å²) in [5, 5.41) is 23.2. The number of amides is 1. The predicted molar refractivity (Wildman–Crippen MR) is 216 cm³/mol. The summed E-state index contributed by atoms with van der Waals surface area (Å²) in [5.74, 6) is -0.0302. The highest BCUT2D eigenvalue weighted by atomic mass is 16.3.